The lowest BCUT2D eigenvalue weighted by atomic mass is 10.3. The van der Waals surface area contributed by atoms with Gasteiger partial charge in [-0.3, -0.25) is 4.57 Å². The van der Waals surface area contributed by atoms with Crippen LogP contribution < -0.4 is 4.74 Å². The highest BCUT2D eigenvalue weighted by Gasteiger charge is 2.16. The predicted molar refractivity (Wildman–Crippen MR) is 108 cm³/mol. The van der Waals surface area contributed by atoms with Crippen LogP contribution in [-0.4, -0.2) is 19.9 Å². The lowest BCUT2D eigenvalue weighted by molar-refractivity contribution is 0.293. The van der Waals surface area contributed by atoms with Gasteiger partial charge in [-0.15, -0.1) is 10.2 Å². The number of ether oxygens (including phenoxy) is 1. The molecule has 4 aromatic rings. The smallest absolute Gasteiger partial charge is 0.196 e. The van der Waals surface area contributed by atoms with E-state index in [0.29, 0.717) is 16.6 Å². The monoisotopic (exact) mass is 412 g/mol. The van der Waals surface area contributed by atoms with Crippen molar-refractivity contribution in [1.82, 2.24) is 19.9 Å². The molecule has 0 aliphatic heterocycles. The van der Waals surface area contributed by atoms with Crippen LogP contribution in [0, 0.1) is 6.92 Å². The number of hydrogen-bond donors (Lipinski definition) is 0. The number of thioether (sulfide) groups is 1. The summed E-state index contributed by atoms with van der Waals surface area (Å²) in [5.74, 6) is 2.86. The number of benzene rings is 2. The number of aromatic nitrogens is 4. The minimum Gasteiger partial charge on any atom is -0.486 e. The van der Waals surface area contributed by atoms with Gasteiger partial charge in [0.25, 0.3) is 0 Å². The van der Waals surface area contributed by atoms with Crippen molar-refractivity contribution >= 4 is 23.4 Å². The molecule has 2 aromatic heterocycles. The summed E-state index contributed by atoms with van der Waals surface area (Å²) >= 11 is 7.47. The SMILES string of the molecule is Cc1cc(CSc2nnc(COc3ccc(Cl)cc3)n2-c2ccccc2)no1. The molecule has 2 aromatic carbocycles. The fourth-order valence-electron chi connectivity index (χ4n) is 2.63. The third-order valence-corrected chi connectivity index (χ3v) is 5.14. The maximum atomic E-state index is 5.93. The normalized spacial score (nSPS) is 10.9. The Morgan fingerprint density at radius 3 is 2.57 bits per heavy atom. The molecule has 0 bridgehead atoms. The van der Waals surface area contributed by atoms with Crippen LogP contribution in [0.1, 0.15) is 17.3 Å². The highest BCUT2D eigenvalue weighted by Crippen LogP contribution is 2.26. The van der Waals surface area contributed by atoms with Crippen molar-refractivity contribution in [3.05, 3.63) is 83.0 Å². The Morgan fingerprint density at radius 1 is 1.07 bits per heavy atom. The average molecular weight is 413 g/mol. The summed E-state index contributed by atoms with van der Waals surface area (Å²) in [4.78, 5) is 0. The van der Waals surface area contributed by atoms with Crippen molar-refractivity contribution in [2.75, 3.05) is 0 Å². The van der Waals surface area contributed by atoms with Gasteiger partial charge in [-0.1, -0.05) is 46.7 Å². The molecule has 0 spiro atoms. The fraction of sp³-hybridized carbons (Fsp3) is 0.150. The zero-order valence-electron chi connectivity index (χ0n) is 15.1. The maximum Gasteiger partial charge on any atom is 0.196 e. The second-order valence-corrected chi connectivity index (χ2v) is 7.41. The Balaban J connectivity index is 1.57. The molecule has 0 unspecified atom stereocenters. The highest BCUT2D eigenvalue weighted by atomic mass is 35.5. The number of rotatable bonds is 7. The van der Waals surface area contributed by atoms with Gasteiger partial charge in [0.1, 0.15) is 18.1 Å². The molecule has 0 atom stereocenters. The molecule has 4 rings (SSSR count). The van der Waals surface area contributed by atoms with E-state index in [0.717, 1.165) is 28.0 Å². The summed E-state index contributed by atoms with van der Waals surface area (Å²) in [6.07, 6.45) is 0. The maximum absolute atomic E-state index is 5.93. The van der Waals surface area contributed by atoms with Gasteiger partial charge in [0.05, 0.1) is 5.69 Å². The molecule has 8 heteroatoms. The lowest BCUT2D eigenvalue weighted by Gasteiger charge is -2.11. The van der Waals surface area contributed by atoms with Gasteiger partial charge in [-0.25, -0.2) is 0 Å². The number of halogens is 1. The van der Waals surface area contributed by atoms with Gasteiger partial charge < -0.3 is 9.26 Å². The quantitative estimate of drug-likeness (QED) is 0.394. The first kappa shape index (κ1) is 18.6. The Morgan fingerprint density at radius 2 is 1.86 bits per heavy atom. The second-order valence-electron chi connectivity index (χ2n) is 6.03. The van der Waals surface area contributed by atoms with Gasteiger partial charge in [0.15, 0.2) is 11.0 Å². The van der Waals surface area contributed by atoms with E-state index < -0.39 is 0 Å². The molecule has 0 aliphatic carbocycles. The van der Waals surface area contributed by atoms with Gasteiger partial charge in [0.2, 0.25) is 0 Å². The summed E-state index contributed by atoms with van der Waals surface area (Å²) in [5.41, 5.74) is 1.84. The van der Waals surface area contributed by atoms with Crippen LogP contribution in [0.4, 0.5) is 0 Å². The number of aryl methyl sites for hydroxylation is 1. The van der Waals surface area contributed by atoms with E-state index in [1.54, 1.807) is 23.9 Å². The van der Waals surface area contributed by atoms with Crippen molar-refractivity contribution in [2.45, 2.75) is 24.4 Å². The topological polar surface area (TPSA) is 66.0 Å². The summed E-state index contributed by atoms with van der Waals surface area (Å²) < 4.78 is 13.0. The van der Waals surface area contributed by atoms with Crippen molar-refractivity contribution < 1.29 is 9.26 Å². The first-order valence-electron chi connectivity index (χ1n) is 8.62. The van der Waals surface area contributed by atoms with E-state index in [9.17, 15) is 0 Å². The third-order valence-electron chi connectivity index (χ3n) is 3.92. The molecule has 6 nitrogen and oxygen atoms in total. The number of nitrogens with zero attached hydrogens (tertiary/aromatic N) is 4. The molecule has 142 valence electrons. The minimum absolute atomic E-state index is 0.285. The third kappa shape index (κ3) is 4.37. The van der Waals surface area contributed by atoms with E-state index in [2.05, 4.69) is 15.4 Å². The Hall–Kier alpha value is -2.77. The van der Waals surface area contributed by atoms with Crippen LogP contribution in [0.2, 0.25) is 5.02 Å². The lowest BCUT2D eigenvalue weighted by Crippen LogP contribution is -2.06. The molecule has 0 aliphatic rings. The van der Waals surface area contributed by atoms with E-state index >= 15 is 0 Å². The molecule has 0 amide bonds. The summed E-state index contributed by atoms with van der Waals surface area (Å²) in [5, 5.41) is 14.2. The Kier molecular flexibility index (Phi) is 5.64. The van der Waals surface area contributed by atoms with Gasteiger partial charge >= 0.3 is 0 Å². The van der Waals surface area contributed by atoms with E-state index in [1.165, 1.54) is 0 Å². The van der Waals surface area contributed by atoms with Gasteiger partial charge in [-0.05, 0) is 43.3 Å². The molecular formula is C20H17ClN4O2S. The Labute approximate surface area is 171 Å². The highest BCUT2D eigenvalue weighted by molar-refractivity contribution is 7.98. The molecule has 0 fully saturated rings. The van der Waals surface area contributed by atoms with Crippen molar-refractivity contribution in [3.63, 3.8) is 0 Å². The van der Waals surface area contributed by atoms with Crippen LogP contribution in [-0.2, 0) is 12.4 Å². The van der Waals surface area contributed by atoms with E-state index in [4.69, 9.17) is 20.9 Å². The standard InChI is InChI=1S/C20H17ClN4O2S/c1-14-11-16(24-27-14)13-28-20-23-22-19(25(20)17-5-3-2-4-6-17)12-26-18-9-7-15(21)8-10-18/h2-11H,12-13H2,1H3. The van der Waals surface area contributed by atoms with Crippen LogP contribution in [0.25, 0.3) is 5.69 Å². The number of para-hydroxylation sites is 1. The largest absolute Gasteiger partial charge is 0.486 e. The first-order chi connectivity index (χ1) is 13.7. The molecule has 0 saturated carbocycles. The van der Waals surface area contributed by atoms with E-state index in [-0.39, 0.29) is 6.61 Å². The summed E-state index contributed by atoms with van der Waals surface area (Å²) in [6, 6.07) is 19.1. The molecule has 0 N–H and O–H groups in total. The van der Waals surface area contributed by atoms with Crippen molar-refractivity contribution in [2.24, 2.45) is 0 Å². The average Bonchev–Trinajstić information content (AvgIpc) is 3.32. The molecule has 28 heavy (non-hydrogen) atoms. The zero-order chi connectivity index (χ0) is 19.3. The van der Waals surface area contributed by atoms with Crippen molar-refractivity contribution in [3.8, 4) is 11.4 Å². The van der Waals surface area contributed by atoms with Gasteiger partial charge in [0, 0.05) is 22.5 Å². The summed E-state index contributed by atoms with van der Waals surface area (Å²) in [7, 11) is 0. The molecule has 2 heterocycles. The molecule has 0 radical (unpaired) electrons. The fourth-order valence-corrected chi connectivity index (χ4v) is 3.60. The molecular weight excluding hydrogens is 396 g/mol. The van der Waals surface area contributed by atoms with Crippen LogP contribution in [0.15, 0.2) is 70.3 Å². The van der Waals surface area contributed by atoms with Crippen molar-refractivity contribution in [1.29, 1.82) is 0 Å². The number of hydrogen-bond acceptors (Lipinski definition) is 6. The Bertz CT molecular complexity index is 1050. The van der Waals surface area contributed by atoms with Crippen LogP contribution >= 0.6 is 23.4 Å². The minimum atomic E-state index is 0.285. The van der Waals surface area contributed by atoms with E-state index in [1.807, 2.05) is 60.0 Å². The predicted octanol–water partition coefficient (Wildman–Crippen LogP) is 5.09. The molecule has 0 saturated heterocycles. The second kappa shape index (κ2) is 8.50. The zero-order valence-corrected chi connectivity index (χ0v) is 16.7. The van der Waals surface area contributed by atoms with Crippen LogP contribution in [0.3, 0.4) is 0 Å². The van der Waals surface area contributed by atoms with Gasteiger partial charge in [-0.2, -0.15) is 0 Å². The summed E-state index contributed by atoms with van der Waals surface area (Å²) in [6.45, 7) is 2.16. The first-order valence-corrected chi connectivity index (χ1v) is 9.98. The van der Waals surface area contributed by atoms with Crippen LogP contribution in [0.5, 0.6) is 5.75 Å².